The van der Waals surface area contributed by atoms with E-state index >= 15 is 0 Å². The molecule has 1 fully saturated rings. The van der Waals surface area contributed by atoms with Crippen LogP contribution in [-0.2, 0) is 4.74 Å². The fourth-order valence-electron chi connectivity index (χ4n) is 2.38. The maximum Gasteiger partial charge on any atom is 0.171 e. The second-order valence-corrected chi connectivity index (χ2v) is 5.01. The van der Waals surface area contributed by atoms with Crippen molar-refractivity contribution in [2.24, 2.45) is 0 Å². The van der Waals surface area contributed by atoms with Crippen molar-refractivity contribution in [3.63, 3.8) is 0 Å². The lowest BCUT2D eigenvalue weighted by Gasteiger charge is -2.26. The Balaban J connectivity index is 1.74. The van der Waals surface area contributed by atoms with Crippen molar-refractivity contribution >= 4 is 6.29 Å². The Labute approximate surface area is 125 Å². The lowest BCUT2D eigenvalue weighted by atomic mass is 10.2. The molecule has 0 spiro atoms. The van der Waals surface area contributed by atoms with Crippen molar-refractivity contribution in [1.29, 1.82) is 0 Å². The van der Waals surface area contributed by atoms with E-state index in [2.05, 4.69) is 4.90 Å². The molecule has 5 heteroatoms. The number of para-hydroxylation sites is 1. The number of unbranched alkanes of at least 4 members (excludes halogenated alkanes) is 1. The van der Waals surface area contributed by atoms with Gasteiger partial charge in [0.25, 0.3) is 0 Å². The first-order chi connectivity index (χ1) is 10.3. The van der Waals surface area contributed by atoms with E-state index in [-0.39, 0.29) is 0 Å². The van der Waals surface area contributed by atoms with Crippen molar-refractivity contribution in [2.75, 3.05) is 46.6 Å². The van der Waals surface area contributed by atoms with Gasteiger partial charge in [-0.1, -0.05) is 6.07 Å². The zero-order valence-electron chi connectivity index (χ0n) is 12.5. The predicted octanol–water partition coefficient (Wildman–Crippen LogP) is 2.00. The van der Waals surface area contributed by atoms with Crippen molar-refractivity contribution < 1.29 is 19.0 Å². The first kappa shape index (κ1) is 15.8. The first-order valence-electron chi connectivity index (χ1n) is 7.40. The van der Waals surface area contributed by atoms with Gasteiger partial charge in [0.2, 0.25) is 0 Å². The third-order valence-electron chi connectivity index (χ3n) is 3.58. The van der Waals surface area contributed by atoms with Gasteiger partial charge in [-0.2, -0.15) is 0 Å². The maximum absolute atomic E-state index is 11.0. The van der Waals surface area contributed by atoms with Gasteiger partial charge < -0.3 is 14.2 Å². The van der Waals surface area contributed by atoms with Crippen molar-refractivity contribution in [1.82, 2.24) is 4.90 Å². The number of rotatable bonds is 8. The minimum atomic E-state index is 0.530. The summed E-state index contributed by atoms with van der Waals surface area (Å²) in [5.41, 5.74) is 0.530. The van der Waals surface area contributed by atoms with E-state index in [9.17, 15) is 4.79 Å². The van der Waals surface area contributed by atoms with Crippen LogP contribution in [0.25, 0.3) is 0 Å². The number of aldehydes is 1. The summed E-state index contributed by atoms with van der Waals surface area (Å²) < 4.78 is 16.3. The molecule has 0 N–H and O–H groups in total. The summed E-state index contributed by atoms with van der Waals surface area (Å²) in [6, 6.07) is 5.32. The lowest BCUT2D eigenvalue weighted by Crippen LogP contribution is -2.36. The quantitative estimate of drug-likeness (QED) is 0.542. The van der Waals surface area contributed by atoms with Gasteiger partial charge in [0.15, 0.2) is 17.8 Å². The van der Waals surface area contributed by atoms with Gasteiger partial charge in [-0.05, 0) is 31.5 Å². The van der Waals surface area contributed by atoms with Gasteiger partial charge in [0, 0.05) is 13.1 Å². The molecule has 0 bridgehead atoms. The van der Waals surface area contributed by atoms with Crippen LogP contribution in [0.15, 0.2) is 18.2 Å². The largest absolute Gasteiger partial charge is 0.493 e. The van der Waals surface area contributed by atoms with Crippen molar-refractivity contribution in [3.05, 3.63) is 23.8 Å². The number of hydrogen-bond donors (Lipinski definition) is 0. The molecule has 0 atom stereocenters. The highest BCUT2D eigenvalue weighted by Crippen LogP contribution is 2.30. The molecule has 0 aliphatic carbocycles. The molecule has 0 aromatic heterocycles. The number of benzene rings is 1. The van der Waals surface area contributed by atoms with Crippen LogP contribution >= 0.6 is 0 Å². The number of nitrogens with zero attached hydrogens (tertiary/aromatic N) is 1. The Morgan fingerprint density at radius 2 is 2.10 bits per heavy atom. The third kappa shape index (κ3) is 4.72. The van der Waals surface area contributed by atoms with E-state index in [1.54, 1.807) is 25.3 Å². The van der Waals surface area contributed by atoms with E-state index in [1.165, 1.54) is 0 Å². The average Bonchev–Trinajstić information content (AvgIpc) is 2.55. The van der Waals surface area contributed by atoms with Gasteiger partial charge in [-0.15, -0.1) is 0 Å². The molecule has 1 aromatic carbocycles. The fourth-order valence-corrected chi connectivity index (χ4v) is 2.38. The van der Waals surface area contributed by atoms with Crippen LogP contribution in [0.1, 0.15) is 23.2 Å². The molecule has 0 amide bonds. The Bertz CT molecular complexity index is 444. The van der Waals surface area contributed by atoms with Crippen LogP contribution in [0.2, 0.25) is 0 Å². The van der Waals surface area contributed by atoms with Crippen LogP contribution in [0.5, 0.6) is 11.5 Å². The normalized spacial score (nSPS) is 15.7. The van der Waals surface area contributed by atoms with Gasteiger partial charge in [0.1, 0.15) is 0 Å². The molecule has 21 heavy (non-hydrogen) atoms. The Kier molecular flexibility index (Phi) is 6.50. The number of ether oxygens (including phenoxy) is 3. The molecule has 0 radical (unpaired) electrons. The first-order valence-corrected chi connectivity index (χ1v) is 7.40. The van der Waals surface area contributed by atoms with E-state index in [4.69, 9.17) is 14.2 Å². The standard InChI is InChI=1S/C16H23NO4/c1-19-15-6-4-5-14(13-18)16(15)21-10-3-2-7-17-8-11-20-12-9-17/h4-6,13H,2-3,7-12H2,1H3. The molecule has 1 aliphatic heterocycles. The third-order valence-corrected chi connectivity index (χ3v) is 3.58. The van der Waals surface area contributed by atoms with Gasteiger partial charge >= 0.3 is 0 Å². The molecule has 1 heterocycles. The molecule has 1 aromatic rings. The highest BCUT2D eigenvalue weighted by molar-refractivity contribution is 5.81. The predicted molar refractivity (Wildman–Crippen MR) is 80.4 cm³/mol. The summed E-state index contributed by atoms with van der Waals surface area (Å²) in [4.78, 5) is 13.4. The lowest BCUT2D eigenvalue weighted by molar-refractivity contribution is 0.0368. The van der Waals surface area contributed by atoms with Crippen LogP contribution < -0.4 is 9.47 Å². The maximum atomic E-state index is 11.0. The van der Waals surface area contributed by atoms with E-state index in [0.29, 0.717) is 23.7 Å². The van der Waals surface area contributed by atoms with Gasteiger partial charge in [0.05, 0.1) is 32.5 Å². The average molecular weight is 293 g/mol. The van der Waals surface area contributed by atoms with Crippen LogP contribution in [0, 0.1) is 0 Å². The molecule has 5 nitrogen and oxygen atoms in total. The minimum Gasteiger partial charge on any atom is -0.493 e. The number of morpholine rings is 1. The monoisotopic (exact) mass is 293 g/mol. The summed E-state index contributed by atoms with van der Waals surface area (Å²) in [6.07, 6.45) is 2.82. The molecule has 0 saturated carbocycles. The van der Waals surface area contributed by atoms with Crippen LogP contribution in [-0.4, -0.2) is 57.8 Å². The molecular formula is C16H23NO4. The molecule has 116 valence electrons. The smallest absolute Gasteiger partial charge is 0.171 e. The number of methoxy groups -OCH3 is 1. The zero-order valence-corrected chi connectivity index (χ0v) is 12.5. The SMILES string of the molecule is COc1cccc(C=O)c1OCCCCN1CCOCC1. The van der Waals surface area contributed by atoms with Gasteiger partial charge in [-0.25, -0.2) is 0 Å². The Morgan fingerprint density at radius 3 is 2.81 bits per heavy atom. The fraction of sp³-hybridized carbons (Fsp3) is 0.562. The molecular weight excluding hydrogens is 270 g/mol. The van der Waals surface area contributed by atoms with Crippen molar-refractivity contribution in [3.8, 4) is 11.5 Å². The number of carbonyl (C=O) groups excluding carboxylic acids is 1. The highest BCUT2D eigenvalue weighted by Gasteiger charge is 2.11. The van der Waals surface area contributed by atoms with Crippen molar-refractivity contribution in [2.45, 2.75) is 12.8 Å². The second-order valence-electron chi connectivity index (χ2n) is 5.01. The molecule has 2 rings (SSSR count). The number of hydrogen-bond acceptors (Lipinski definition) is 5. The second kappa shape index (κ2) is 8.64. The zero-order chi connectivity index (χ0) is 14.9. The molecule has 1 saturated heterocycles. The summed E-state index contributed by atoms with van der Waals surface area (Å²) in [5.74, 6) is 1.15. The summed E-state index contributed by atoms with van der Waals surface area (Å²) >= 11 is 0. The highest BCUT2D eigenvalue weighted by atomic mass is 16.5. The molecule has 1 aliphatic rings. The Morgan fingerprint density at radius 1 is 1.29 bits per heavy atom. The summed E-state index contributed by atoms with van der Waals surface area (Å²) in [7, 11) is 1.58. The molecule has 0 unspecified atom stereocenters. The Hall–Kier alpha value is -1.59. The minimum absolute atomic E-state index is 0.530. The van der Waals surface area contributed by atoms with E-state index in [0.717, 1.165) is 52.0 Å². The van der Waals surface area contributed by atoms with E-state index < -0.39 is 0 Å². The number of carbonyl (C=O) groups is 1. The van der Waals surface area contributed by atoms with Crippen LogP contribution in [0.4, 0.5) is 0 Å². The van der Waals surface area contributed by atoms with Gasteiger partial charge in [-0.3, -0.25) is 9.69 Å². The topological polar surface area (TPSA) is 48.0 Å². The van der Waals surface area contributed by atoms with Crippen LogP contribution in [0.3, 0.4) is 0 Å². The summed E-state index contributed by atoms with van der Waals surface area (Å²) in [6.45, 7) is 5.36. The van der Waals surface area contributed by atoms with E-state index in [1.807, 2.05) is 0 Å². The summed E-state index contributed by atoms with van der Waals surface area (Å²) in [5, 5.41) is 0.